The number of hydrogen-bond acceptors (Lipinski definition) is 6. The van der Waals surface area contributed by atoms with Crippen LogP contribution in [0.1, 0.15) is 44.5 Å². The van der Waals surface area contributed by atoms with E-state index in [1.807, 2.05) is 32.9 Å². The Morgan fingerprint density at radius 2 is 2.00 bits per heavy atom. The van der Waals surface area contributed by atoms with Gasteiger partial charge < -0.3 is 15.2 Å². The third kappa shape index (κ3) is 5.34. The van der Waals surface area contributed by atoms with Gasteiger partial charge in [0.2, 0.25) is 0 Å². The van der Waals surface area contributed by atoms with E-state index in [9.17, 15) is 9.59 Å². The smallest absolute Gasteiger partial charge is 0.282 e. The Morgan fingerprint density at radius 1 is 1.22 bits per heavy atom. The summed E-state index contributed by atoms with van der Waals surface area (Å²) in [4.78, 5) is 28.9. The van der Waals surface area contributed by atoms with E-state index in [1.54, 1.807) is 30.5 Å². The van der Waals surface area contributed by atoms with Crippen molar-refractivity contribution in [2.45, 2.75) is 33.1 Å². The van der Waals surface area contributed by atoms with E-state index in [0.29, 0.717) is 40.4 Å². The van der Waals surface area contributed by atoms with Crippen LogP contribution in [0, 0.1) is 0 Å². The van der Waals surface area contributed by atoms with Gasteiger partial charge in [0.05, 0.1) is 23.7 Å². The lowest BCUT2D eigenvalue weighted by Gasteiger charge is -2.14. The van der Waals surface area contributed by atoms with E-state index in [1.165, 1.54) is 4.68 Å². The van der Waals surface area contributed by atoms with Crippen LogP contribution in [0.5, 0.6) is 11.5 Å². The molecule has 0 saturated heterocycles. The average Bonchev–Trinajstić information content (AvgIpc) is 2.77. The fourth-order valence-corrected chi connectivity index (χ4v) is 3.41. The van der Waals surface area contributed by atoms with Gasteiger partial charge in [0.25, 0.3) is 11.5 Å². The van der Waals surface area contributed by atoms with E-state index in [0.717, 1.165) is 10.9 Å². The number of halogens is 1. The molecule has 0 radical (unpaired) electrons. The summed E-state index contributed by atoms with van der Waals surface area (Å²) in [7, 11) is 0. The maximum absolute atomic E-state index is 13.2. The molecule has 1 atom stereocenters. The minimum absolute atomic E-state index is 0.0384. The van der Waals surface area contributed by atoms with Gasteiger partial charge >= 0.3 is 0 Å². The zero-order valence-corrected chi connectivity index (χ0v) is 19.8. The molecule has 9 heteroatoms. The van der Waals surface area contributed by atoms with Gasteiger partial charge in [-0.25, -0.2) is 4.98 Å². The summed E-state index contributed by atoms with van der Waals surface area (Å²) >= 11 is 3.41. The van der Waals surface area contributed by atoms with Crippen molar-refractivity contribution in [3.05, 3.63) is 62.6 Å². The molecular formula is C23H25BrN4O4. The molecule has 0 spiro atoms. The topological polar surface area (TPSA) is 109 Å². The van der Waals surface area contributed by atoms with Crippen molar-refractivity contribution < 1.29 is 14.3 Å². The highest BCUT2D eigenvalue weighted by Crippen LogP contribution is 2.28. The van der Waals surface area contributed by atoms with E-state index in [-0.39, 0.29) is 18.1 Å². The summed E-state index contributed by atoms with van der Waals surface area (Å²) < 4.78 is 13.2. The quantitative estimate of drug-likeness (QED) is 0.449. The van der Waals surface area contributed by atoms with Crippen molar-refractivity contribution in [1.82, 2.24) is 9.66 Å². The largest absolute Gasteiger partial charge is 0.490 e. The van der Waals surface area contributed by atoms with Gasteiger partial charge in [0, 0.05) is 10.4 Å². The lowest BCUT2D eigenvalue weighted by atomic mass is 10.1. The Morgan fingerprint density at radius 3 is 2.69 bits per heavy atom. The van der Waals surface area contributed by atoms with Crippen LogP contribution in [0.15, 0.2) is 50.8 Å². The third-order valence-corrected chi connectivity index (χ3v) is 5.34. The zero-order valence-electron chi connectivity index (χ0n) is 18.2. The molecule has 8 nitrogen and oxygen atoms in total. The van der Waals surface area contributed by atoms with Gasteiger partial charge in [0.15, 0.2) is 18.1 Å². The second kappa shape index (κ2) is 10.4. The molecule has 0 fully saturated rings. The summed E-state index contributed by atoms with van der Waals surface area (Å²) in [5.41, 5.74) is 6.24. The van der Waals surface area contributed by atoms with Crippen molar-refractivity contribution in [3.8, 4) is 11.5 Å². The molecule has 1 amide bonds. The van der Waals surface area contributed by atoms with Crippen LogP contribution in [-0.4, -0.2) is 35.0 Å². The number of amides is 1. The van der Waals surface area contributed by atoms with Crippen LogP contribution < -0.4 is 20.8 Å². The molecule has 1 aromatic heterocycles. The first-order chi connectivity index (χ1) is 15.3. The number of aromatic nitrogens is 2. The molecule has 2 N–H and O–H groups in total. The van der Waals surface area contributed by atoms with Crippen LogP contribution >= 0.6 is 15.9 Å². The van der Waals surface area contributed by atoms with Gasteiger partial charge in [-0.1, -0.05) is 29.8 Å². The number of hydrogen-bond donors (Lipinski definition) is 1. The molecule has 2 aromatic carbocycles. The van der Waals surface area contributed by atoms with Crippen LogP contribution in [0.4, 0.5) is 0 Å². The SMILES string of the molecule is CCOc1cc(C=Nn2c([C@H](C)CC)nc3ccc(Br)cc3c2=O)ccc1OCC(N)=O. The summed E-state index contributed by atoms with van der Waals surface area (Å²) in [5, 5.41) is 4.94. The number of rotatable bonds is 9. The first kappa shape index (κ1) is 23.5. The molecule has 168 valence electrons. The summed E-state index contributed by atoms with van der Waals surface area (Å²) in [6, 6.07) is 10.6. The monoisotopic (exact) mass is 500 g/mol. The number of fused-ring (bicyclic) bond motifs is 1. The highest BCUT2D eigenvalue weighted by atomic mass is 79.9. The summed E-state index contributed by atoms with van der Waals surface area (Å²) in [5.74, 6) is 0.905. The third-order valence-electron chi connectivity index (χ3n) is 4.85. The number of nitrogens with zero attached hydrogens (tertiary/aromatic N) is 3. The van der Waals surface area contributed by atoms with Gasteiger partial charge in [-0.3, -0.25) is 9.59 Å². The van der Waals surface area contributed by atoms with Crippen LogP contribution in [0.2, 0.25) is 0 Å². The van der Waals surface area contributed by atoms with E-state index in [4.69, 9.17) is 20.2 Å². The molecule has 0 unspecified atom stereocenters. The Hall–Kier alpha value is -3.20. The van der Waals surface area contributed by atoms with Gasteiger partial charge in [-0.2, -0.15) is 9.78 Å². The second-order valence-corrected chi connectivity index (χ2v) is 8.11. The van der Waals surface area contributed by atoms with Crippen LogP contribution in [-0.2, 0) is 4.79 Å². The Balaban J connectivity index is 2.05. The zero-order chi connectivity index (χ0) is 23.3. The summed E-state index contributed by atoms with van der Waals surface area (Å²) in [6.45, 7) is 6.05. The van der Waals surface area contributed by atoms with Gasteiger partial charge in [0.1, 0.15) is 5.82 Å². The predicted octanol–water partition coefficient (Wildman–Crippen LogP) is 3.82. The molecular weight excluding hydrogens is 476 g/mol. The average molecular weight is 501 g/mol. The molecule has 0 aliphatic rings. The lowest BCUT2D eigenvalue weighted by molar-refractivity contribution is -0.119. The molecule has 0 aliphatic heterocycles. The fourth-order valence-electron chi connectivity index (χ4n) is 3.04. The van der Waals surface area contributed by atoms with Gasteiger partial charge in [-0.15, -0.1) is 0 Å². The number of ether oxygens (including phenoxy) is 2. The Bertz CT molecular complexity index is 1220. The maximum Gasteiger partial charge on any atom is 0.282 e. The molecule has 32 heavy (non-hydrogen) atoms. The first-order valence-corrected chi connectivity index (χ1v) is 11.1. The Kier molecular flexibility index (Phi) is 7.63. The predicted molar refractivity (Wildman–Crippen MR) is 128 cm³/mol. The minimum Gasteiger partial charge on any atom is -0.490 e. The lowest BCUT2D eigenvalue weighted by Crippen LogP contribution is -2.23. The highest BCUT2D eigenvalue weighted by Gasteiger charge is 2.16. The number of carbonyl (C=O) groups excluding carboxylic acids is 1. The summed E-state index contributed by atoms with van der Waals surface area (Å²) in [6.07, 6.45) is 2.38. The van der Waals surface area contributed by atoms with Gasteiger partial charge in [-0.05, 0) is 55.3 Å². The van der Waals surface area contributed by atoms with Crippen LogP contribution in [0.3, 0.4) is 0 Å². The Labute approximate surface area is 194 Å². The van der Waals surface area contributed by atoms with Crippen molar-refractivity contribution in [2.75, 3.05) is 13.2 Å². The number of nitrogens with two attached hydrogens (primary N) is 1. The molecule has 3 aromatic rings. The molecule has 0 bridgehead atoms. The van der Waals surface area contributed by atoms with Crippen molar-refractivity contribution in [2.24, 2.45) is 10.8 Å². The number of primary amides is 1. The van der Waals surface area contributed by atoms with E-state index >= 15 is 0 Å². The highest BCUT2D eigenvalue weighted by molar-refractivity contribution is 9.10. The fraction of sp³-hybridized carbons (Fsp3) is 0.304. The molecule has 3 rings (SSSR count). The van der Waals surface area contributed by atoms with Crippen molar-refractivity contribution >= 4 is 39.0 Å². The molecule has 0 aliphatic carbocycles. The maximum atomic E-state index is 13.2. The second-order valence-electron chi connectivity index (χ2n) is 7.20. The van der Waals surface area contributed by atoms with E-state index < -0.39 is 5.91 Å². The van der Waals surface area contributed by atoms with Crippen LogP contribution in [0.25, 0.3) is 10.9 Å². The number of carbonyl (C=O) groups is 1. The minimum atomic E-state index is -0.578. The van der Waals surface area contributed by atoms with E-state index in [2.05, 4.69) is 21.0 Å². The van der Waals surface area contributed by atoms with Crippen molar-refractivity contribution in [1.29, 1.82) is 0 Å². The standard InChI is InChI=1S/C23H25BrN4O4/c1-4-14(3)22-27-18-8-7-16(24)11-17(18)23(30)28(22)26-12-15-6-9-19(32-13-21(25)29)20(10-15)31-5-2/h6-12,14H,4-5,13H2,1-3H3,(H2,25,29)/t14-/m1/s1. The normalized spacial score (nSPS) is 12.2. The first-order valence-electron chi connectivity index (χ1n) is 10.3. The number of benzene rings is 2. The molecule has 1 heterocycles. The van der Waals surface area contributed by atoms with Crippen molar-refractivity contribution in [3.63, 3.8) is 0 Å². The molecule has 0 saturated carbocycles.